The van der Waals surface area contributed by atoms with Crippen molar-refractivity contribution in [2.75, 3.05) is 27.3 Å². The molecular formula is C39H50N8O7. The predicted octanol–water partition coefficient (Wildman–Crippen LogP) is 5.87. The third kappa shape index (κ3) is 8.51. The predicted molar refractivity (Wildman–Crippen MR) is 201 cm³/mol. The number of carbonyl (C=O) groups excluding carboxylic acids is 3. The van der Waals surface area contributed by atoms with Crippen molar-refractivity contribution < 1.29 is 33.6 Å². The lowest BCUT2D eigenvalue weighted by Crippen LogP contribution is -2.51. The Labute approximate surface area is 314 Å². The van der Waals surface area contributed by atoms with Crippen molar-refractivity contribution in [3.8, 4) is 17.0 Å². The molecule has 0 saturated carbocycles. The van der Waals surface area contributed by atoms with Crippen molar-refractivity contribution in [2.45, 2.75) is 84.2 Å². The number of ether oxygens (including phenoxy) is 2. The van der Waals surface area contributed by atoms with Crippen LogP contribution in [0.1, 0.15) is 82.7 Å². The summed E-state index contributed by atoms with van der Waals surface area (Å²) >= 11 is 0. The van der Waals surface area contributed by atoms with Crippen LogP contribution in [0.4, 0.5) is 4.79 Å². The number of amides is 3. The van der Waals surface area contributed by atoms with Crippen molar-refractivity contribution in [1.82, 2.24) is 35.1 Å². The van der Waals surface area contributed by atoms with Gasteiger partial charge in [-0.15, -0.1) is 0 Å². The first-order chi connectivity index (χ1) is 26.1. The average molecular weight is 743 g/mol. The van der Waals surface area contributed by atoms with E-state index in [2.05, 4.69) is 30.1 Å². The summed E-state index contributed by atoms with van der Waals surface area (Å²) in [4.78, 5) is 72.7. The molecule has 288 valence electrons. The van der Waals surface area contributed by atoms with Crippen LogP contribution in [-0.4, -0.2) is 93.4 Å². The SMILES string of the molecule is COOC=N[C@H](C(=O)N1CCC[C@H]1c1nc2ccc(COc3ccc(-c4cnc([C@@H]5CCCN5C(=O)[C@@H](NC(=O)OC)C(C)C)[nH]4)cc3)cc2[nH]1)C(C)C. The van der Waals surface area contributed by atoms with Gasteiger partial charge in [-0.2, -0.15) is 4.89 Å². The summed E-state index contributed by atoms with van der Waals surface area (Å²) in [5.41, 5.74) is 4.45. The largest absolute Gasteiger partial charge is 0.489 e. The van der Waals surface area contributed by atoms with Crippen molar-refractivity contribution in [1.29, 1.82) is 0 Å². The lowest BCUT2D eigenvalue weighted by molar-refractivity contribution is -0.188. The number of hydrogen-bond donors (Lipinski definition) is 3. The highest BCUT2D eigenvalue weighted by atomic mass is 17.2. The number of carbonyl (C=O) groups is 3. The summed E-state index contributed by atoms with van der Waals surface area (Å²) in [6.07, 6.45) is 5.65. The van der Waals surface area contributed by atoms with Gasteiger partial charge in [-0.05, 0) is 85.0 Å². The minimum Gasteiger partial charge on any atom is -0.489 e. The molecular weight excluding hydrogens is 692 g/mol. The number of rotatable bonds is 14. The highest BCUT2D eigenvalue weighted by Gasteiger charge is 2.38. The van der Waals surface area contributed by atoms with E-state index in [0.717, 1.165) is 59.4 Å². The van der Waals surface area contributed by atoms with Crippen LogP contribution in [0, 0.1) is 11.8 Å². The molecule has 0 radical (unpaired) electrons. The fourth-order valence-corrected chi connectivity index (χ4v) is 7.21. The van der Waals surface area contributed by atoms with Crippen LogP contribution in [0.25, 0.3) is 22.3 Å². The fraction of sp³-hybridized carbons (Fsp3) is 0.487. The third-order valence-corrected chi connectivity index (χ3v) is 10.1. The van der Waals surface area contributed by atoms with E-state index >= 15 is 0 Å². The normalized spacial score (nSPS) is 18.5. The van der Waals surface area contributed by atoms with Gasteiger partial charge < -0.3 is 39.4 Å². The fourth-order valence-electron chi connectivity index (χ4n) is 7.21. The monoisotopic (exact) mass is 742 g/mol. The first-order valence-electron chi connectivity index (χ1n) is 18.5. The number of fused-ring (bicyclic) bond motifs is 1. The molecule has 2 aliphatic heterocycles. The highest BCUT2D eigenvalue weighted by Crippen LogP contribution is 2.35. The topological polar surface area (TPSA) is 176 Å². The lowest BCUT2D eigenvalue weighted by Gasteiger charge is -2.30. The number of methoxy groups -OCH3 is 1. The zero-order chi connectivity index (χ0) is 38.4. The third-order valence-electron chi connectivity index (χ3n) is 10.1. The molecule has 15 nitrogen and oxygen atoms in total. The van der Waals surface area contributed by atoms with Gasteiger partial charge in [0, 0.05) is 13.1 Å². The Balaban J connectivity index is 1.07. The molecule has 2 aromatic carbocycles. The molecule has 4 aromatic rings. The van der Waals surface area contributed by atoms with Crippen LogP contribution in [0.3, 0.4) is 0 Å². The minimum atomic E-state index is -0.689. The van der Waals surface area contributed by atoms with Crippen LogP contribution >= 0.6 is 0 Å². The van der Waals surface area contributed by atoms with Crippen LogP contribution in [0.15, 0.2) is 53.7 Å². The summed E-state index contributed by atoms with van der Waals surface area (Å²) in [7, 11) is 2.68. The van der Waals surface area contributed by atoms with Gasteiger partial charge in [0.05, 0.1) is 49.2 Å². The summed E-state index contributed by atoms with van der Waals surface area (Å²) in [6.45, 7) is 9.30. The molecule has 54 heavy (non-hydrogen) atoms. The van der Waals surface area contributed by atoms with Gasteiger partial charge in [-0.1, -0.05) is 33.8 Å². The summed E-state index contributed by atoms with van der Waals surface area (Å²) in [5, 5.41) is 2.69. The Kier molecular flexibility index (Phi) is 12.2. The van der Waals surface area contributed by atoms with Gasteiger partial charge in [0.15, 0.2) is 0 Å². The maximum absolute atomic E-state index is 13.5. The van der Waals surface area contributed by atoms with E-state index < -0.39 is 18.2 Å². The molecule has 3 N–H and O–H groups in total. The maximum Gasteiger partial charge on any atom is 0.407 e. The molecule has 6 rings (SSSR count). The molecule has 2 saturated heterocycles. The Bertz CT molecular complexity index is 1940. The second kappa shape index (κ2) is 17.1. The van der Waals surface area contributed by atoms with E-state index in [1.165, 1.54) is 20.6 Å². The maximum atomic E-state index is 13.5. The van der Waals surface area contributed by atoms with Gasteiger partial charge in [0.25, 0.3) is 0 Å². The number of hydrogen-bond acceptors (Lipinski definition) is 10. The molecule has 15 heteroatoms. The van der Waals surface area contributed by atoms with Gasteiger partial charge in [-0.3, -0.25) is 9.59 Å². The Morgan fingerprint density at radius 1 is 0.926 bits per heavy atom. The smallest absolute Gasteiger partial charge is 0.407 e. The number of imidazole rings is 2. The van der Waals surface area contributed by atoms with E-state index in [-0.39, 0.29) is 35.7 Å². The second-order valence-electron chi connectivity index (χ2n) is 14.4. The molecule has 2 aliphatic rings. The summed E-state index contributed by atoms with van der Waals surface area (Å²) in [5.74, 6) is 1.86. The molecule has 3 amide bonds. The number of nitrogens with one attached hydrogen (secondary N) is 3. The Morgan fingerprint density at radius 3 is 2.30 bits per heavy atom. The molecule has 2 aromatic heterocycles. The van der Waals surface area contributed by atoms with Gasteiger partial charge in [0.1, 0.15) is 36.1 Å². The number of aromatic nitrogens is 4. The quantitative estimate of drug-likeness (QED) is 0.0617. The van der Waals surface area contributed by atoms with Crippen LogP contribution < -0.4 is 10.1 Å². The van der Waals surface area contributed by atoms with Crippen molar-refractivity contribution in [3.63, 3.8) is 0 Å². The zero-order valence-corrected chi connectivity index (χ0v) is 31.7. The minimum absolute atomic E-state index is 0.0160. The first kappa shape index (κ1) is 38.3. The van der Waals surface area contributed by atoms with Crippen molar-refractivity contribution in [3.05, 3.63) is 65.9 Å². The summed E-state index contributed by atoms with van der Waals surface area (Å²) < 4.78 is 10.9. The van der Waals surface area contributed by atoms with Crippen molar-refractivity contribution in [2.24, 2.45) is 16.8 Å². The van der Waals surface area contributed by atoms with Crippen LogP contribution in [0.5, 0.6) is 5.75 Å². The molecule has 0 bridgehead atoms. The lowest BCUT2D eigenvalue weighted by atomic mass is 10.0. The molecule has 0 aliphatic carbocycles. The molecule has 4 atom stereocenters. The van der Waals surface area contributed by atoms with Crippen molar-refractivity contribution >= 4 is 35.3 Å². The van der Waals surface area contributed by atoms with E-state index in [1.807, 2.05) is 75.1 Å². The molecule has 0 unspecified atom stereocenters. The number of nitrogens with zero attached hydrogens (tertiary/aromatic N) is 5. The Morgan fingerprint density at radius 2 is 1.63 bits per heavy atom. The number of aliphatic imine (C=N–C) groups is 1. The molecule has 0 spiro atoms. The number of H-pyrrole nitrogens is 2. The average Bonchev–Trinajstić information content (AvgIpc) is 4.00. The zero-order valence-electron chi connectivity index (χ0n) is 31.7. The van der Waals surface area contributed by atoms with Gasteiger partial charge in [0.2, 0.25) is 18.2 Å². The van der Waals surface area contributed by atoms with Gasteiger partial charge in [-0.25, -0.2) is 19.8 Å². The summed E-state index contributed by atoms with van der Waals surface area (Å²) in [6, 6.07) is 12.1. The number of likely N-dealkylation sites (tertiary alicyclic amines) is 2. The Hall–Kier alpha value is -5.44. The van der Waals surface area contributed by atoms with Crippen LogP contribution in [0.2, 0.25) is 0 Å². The van der Waals surface area contributed by atoms with E-state index in [9.17, 15) is 14.4 Å². The first-order valence-corrected chi connectivity index (χ1v) is 18.5. The number of alkyl carbamates (subject to hydrolysis) is 1. The second-order valence-corrected chi connectivity index (χ2v) is 14.4. The number of aromatic amines is 2. The van der Waals surface area contributed by atoms with E-state index in [0.29, 0.717) is 31.3 Å². The molecule has 4 heterocycles. The number of benzene rings is 2. The standard InChI is InChI=1S/C39H50N8O7/c1-23(2)33(41-22-54-52-6)37(48)47-18-8-10-32(47)36-42-28-16-11-25(19-29(28)43-36)21-53-27-14-12-26(13-15-27)30-20-40-35(44-30)31-9-7-17-46(31)38(49)34(24(3)4)45-39(50)51-5/h11-16,19-20,22-24,31-34H,7-10,17-18,21H2,1-6H3,(H,40,44)(H,42,43)(H,45,50)/t31-,32-,33-,34-/m0/s1. The highest BCUT2D eigenvalue weighted by molar-refractivity contribution is 5.86. The van der Waals surface area contributed by atoms with Crippen LogP contribution in [-0.2, 0) is 30.7 Å². The van der Waals surface area contributed by atoms with Gasteiger partial charge >= 0.3 is 6.09 Å². The van der Waals surface area contributed by atoms with E-state index in [4.69, 9.17) is 19.3 Å². The van der Waals surface area contributed by atoms with E-state index in [1.54, 1.807) is 11.1 Å². The molecule has 2 fully saturated rings.